The second kappa shape index (κ2) is 21.6. The van der Waals surface area contributed by atoms with Gasteiger partial charge in [-0.25, -0.2) is 0 Å². The highest BCUT2D eigenvalue weighted by molar-refractivity contribution is 8.03. The zero-order chi connectivity index (χ0) is 19.1. The highest BCUT2D eigenvalue weighted by Crippen LogP contribution is 2.15. The summed E-state index contributed by atoms with van der Waals surface area (Å²) in [6.07, 6.45) is 33.7. The van der Waals surface area contributed by atoms with E-state index in [9.17, 15) is 0 Å². The summed E-state index contributed by atoms with van der Waals surface area (Å²) in [5, 5.41) is 9.01. The van der Waals surface area contributed by atoms with E-state index in [1.807, 2.05) is 42.5 Å². The van der Waals surface area contributed by atoms with Crippen LogP contribution in [0, 0.1) is 0 Å². The summed E-state index contributed by atoms with van der Waals surface area (Å²) < 4.78 is 0. The van der Waals surface area contributed by atoms with Crippen LogP contribution in [0.1, 0.15) is 71.6 Å². The molecule has 0 heterocycles. The maximum atomic E-state index is 9.01. The summed E-state index contributed by atoms with van der Waals surface area (Å²) in [4.78, 5) is 0.877. The number of aliphatic hydroxyl groups excluding tert-OH is 1. The Balaban J connectivity index is 3.64. The third kappa shape index (κ3) is 18.9. The zero-order valence-electron chi connectivity index (χ0n) is 16.8. The lowest BCUT2D eigenvalue weighted by Gasteiger charge is -1.99. The van der Waals surface area contributed by atoms with E-state index in [4.69, 9.17) is 5.11 Å². The first-order valence-corrected chi connectivity index (χ1v) is 11.1. The number of unbranched alkanes of at least 4 members (excludes halogenated alkanes) is 8. The number of thioether (sulfide) groups is 1. The molecule has 0 fully saturated rings. The lowest BCUT2D eigenvalue weighted by Crippen LogP contribution is -1.79. The number of rotatable bonds is 16. The van der Waals surface area contributed by atoms with E-state index in [2.05, 4.69) is 32.1 Å². The Kier molecular flexibility index (Phi) is 20.5. The third-order valence-corrected chi connectivity index (χ3v) is 4.70. The maximum Gasteiger partial charge on any atom is 0.0927 e. The van der Waals surface area contributed by atoms with Crippen molar-refractivity contribution >= 4 is 11.8 Å². The van der Waals surface area contributed by atoms with Crippen LogP contribution in [0.2, 0.25) is 0 Å². The second-order valence-electron chi connectivity index (χ2n) is 6.17. The molecule has 0 unspecified atom stereocenters. The standard InChI is InChI=1S/C24H38OS/c1-3-5-6-7-8-9-10-11-12-13-14-15-16-17-18-19-20-21-22-24(23-25)26-4-2/h13-23,25H,3-12H2,1-2H3/b14-13+,16-15+,18-17+,20-19+,22-21+,24-23+. The van der Waals surface area contributed by atoms with Crippen molar-refractivity contribution in [1.29, 1.82) is 0 Å². The molecule has 0 radical (unpaired) electrons. The van der Waals surface area contributed by atoms with Crippen LogP contribution in [0.25, 0.3) is 0 Å². The summed E-state index contributed by atoms with van der Waals surface area (Å²) >= 11 is 1.62. The van der Waals surface area contributed by atoms with E-state index in [1.54, 1.807) is 11.8 Å². The van der Waals surface area contributed by atoms with Gasteiger partial charge in [0.1, 0.15) is 0 Å². The molecule has 0 aromatic carbocycles. The van der Waals surface area contributed by atoms with Gasteiger partial charge in [-0.05, 0) is 24.7 Å². The molecule has 0 aliphatic heterocycles. The number of hydrogen-bond donors (Lipinski definition) is 1. The number of aliphatic hydroxyl groups is 1. The van der Waals surface area contributed by atoms with Crippen molar-refractivity contribution < 1.29 is 5.11 Å². The summed E-state index contributed by atoms with van der Waals surface area (Å²) in [6, 6.07) is 0. The third-order valence-electron chi connectivity index (χ3n) is 3.84. The fourth-order valence-corrected chi connectivity index (χ4v) is 2.98. The Bertz CT molecular complexity index is 467. The van der Waals surface area contributed by atoms with Crippen LogP contribution in [-0.2, 0) is 0 Å². The lowest BCUT2D eigenvalue weighted by atomic mass is 10.1. The molecule has 0 aliphatic carbocycles. The van der Waals surface area contributed by atoms with Gasteiger partial charge >= 0.3 is 0 Å². The largest absolute Gasteiger partial charge is 0.514 e. The molecule has 2 heteroatoms. The van der Waals surface area contributed by atoms with E-state index in [-0.39, 0.29) is 0 Å². The predicted octanol–water partition coefficient (Wildman–Crippen LogP) is 8.45. The van der Waals surface area contributed by atoms with Gasteiger partial charge in [-0.2, -0.15) is 0 Å². The monoisotopic (exact) mass is 374 g/mol. The first-order chi connectivity index (χ1) is 12.8. The molecule has 0 bridgehead atoms. The van der Waals surface area contributed by atoms with Crippen molar-refractivity contribution in [3.8, 4) is 0 Å². The van der Waals surface area contributed by atoms with Crippen LogP contribution in [0.4, 0.5) is 0 Å². The molecule has 0 saturated heterocycles. The van der Waals surface area contributed by atoms with Crippen molar-refractivity contribution in [2.45, 2.75) is 71.6 Å². The van der Waals surface area contributed by atoms with Crippen LogP contribution in [0.15, 0.2) is 71.9 Å². The topological polar surface area (TPSA) is 20.2 Å². The molecule has 146 valence electrons. The molecule has 0 aliphatic rings. The van der Waals surface area contributed by atoms with Crippen LogP contribution in [0.5, 0.6) is 0 Å². The molecule has 0 rings (SSSR count). The average Bonchev–Trinajstić information content (AvgIpc) is 2.66. The predicted molar refractivity (Wildman–Crippen MR) is 122 cm³/mol. The number of hydrogen-bond acceptors (Lipinski definition) is 2. The maximum absolute atomic E-state index is 9.01. The van der Waals surface area contributed by atoms with Gasteiger partial charge in [0.05, 0.1) is 6.26 Å². The van der Waals surface area contributed by atoms with Gasteiger partial charge in [-0.3, -0.25) is 0 Å². The lowest BCUT2D eigenvalue weighted by molar-refractivity contribution is 0.472. The Labute approximate surface area is 166 Å². The van der Waals surface area contributed by atoms with Crippen LogP contribution < -0.4 is 0 Å². The number of allylic oxidation sites excluding steroid dienone is 10. The summed E-state index contributed by atoms with van der Waals surface area (Å²) in [6.45, 7) is 4.34. The highest BCUT2D eigenvalue weighted by Gasteiger charge is 1.90. The second-order valence-corrected chi connectivity index (χ2v) is 7.51. The van der Waals surface area contributed by atoms with Crippen molar-refractivity contribution in [1.82, 2.24) is 0 Å². The molecule has 0 amide bonds. The van der Waals surface area contributed by atoms with Gasteiger partial charge in [0, 0.05) is 4.91 Å². The molecule has 1 N–H and O–H groups in total. The van der Waals surface area contributed by atoms with Crippen molar-refractivity contribution in [2.24, 2.45) is 0 Å². The fraction of sp³-hybridized carbons (Fsp3) is 0.500. The minimum atomic E-state index is 0.877. The summed E-state index contributed by atoms with van der Waals surface area (Å²) in [5.41, 5.74) is 0. The molecule has 0 saturated carbocycles. The molecule has 0 spiro atoms. The Morgan fingerprint density at radius 2 is 1.23 bits per heavy atom. The molecule has 0 atom stereocenters. The molecule has 1 nitrogen and oxygen atoms in total. The zero-order valence-corrected chi connectivity index (χ0v) is 17.6. The minimum absolute atomic E-state index is 0.877. The van der Waals surface area contributed by atoms with Gasteiger partial charge in [-0.15, -0.1) is 11.8 Å². The summed E-state index contributed by atoms with van der Waals surface area (Å²) in [5.74, 6) is 0.956. The van der Waals surface area contributed by atoms with E-state index < -0.39 is 0 Å². The molecule has 26 heavy (non-hydrogen) atoms. The van der Waals surface area contributed by atoms with Gasteiger partial charge in [-0.1, -0.05) is 113 Å². The first kappa shape index (κ1) is 24.6. The first-order valence-electron chi connectivity index (χ1n) is 10.2. The smallest absolute Gasteiger partial charge is 0.0927 e. The van der Waals surface area contributed by atoms with Gasteiger partial charge in [0.25, 0.3) is 0 Å². The highest BCUT2D eigenvalue weighted by atomic mass is 32.2. The van der Waals surface area contributed by atoms with Crippen LogP contribution in [-0.4, -0.2) is 10.9 Å². The average molecular weight is 375 g/mol. The normalized spacial score (nSPS) is 13.5. The van der Waals surface area contributed by atoms with Crippen molar-refractivity contribution in [3.63, 3.8) is 0 Å². The van der Waals surface area contributed by atoms with E-state index >= 15 is 0 Å². The van der Waals surface area contributed by atoms with E-state index in [0.29, 0.717) is 0 Å². The van der Waals surface area contributed by atoms with Crippen molar-refractivity contribution in [2.75, 3.05) is 5.75 Å². The van der Waals surface area contributed by atoms with Crippen molar-refractivity contribution in [3.05, 3.63) is 71.9 Å². The Hall–Kier alpha value is -1.41. The van der Waals surface area contributed by atoms with Gasteiger partial charge in [0.2, 0.25) is 0 Å². The fourth-order valence-electron chi connectivity index (χ4n) is 2.40. The van der Waals surface area contributed by atoms with Crippen LogP contribution in [0.3, 0.4) is 0 Å². The minimum Gasteiger partial charge on any atom is -0.514 e. The van der Waals surface area contributed by atoms with Crippen LogP contribution >= 0.6 is 11.8 Å². The van der Waals surface area contributed by atoms with Gasteiger partial charge in [0.15, 0.2) is 0 Å². The van der Waals surface area contributed by atoms with E-state index in [0.717, 1.165) is 16.9 Å². The van der Waals surface area contributed by atoms with Gasteiger partial charge < -0.3 is 5.11 Å². The SMILES string of the molecule is CCCCCCCCCC/C=C/C=C/C=C/C=C/C=C/C(=C\O)SCC. The quantitative estimate of drug-likeness (QED) is 0.166. The summed E-state index contributed by atoms with van der Waals surface area (Å²) in [7, 11) is 0. The molecular formula is C24H38OS. The Morgan fingerprint density at radius 1 is 0.692 bits per heavy atom. The molecule has 0 aromatic rings. The Morgan fingerprint density at radius 3 is 1.81 bits per heavy atom. The molecular weight excluding hydrogens is 336 g/mol. The van der Waals surface area contributed by atoms with E-state index in [1.165, 1.54) is 57.8 Å². The molecule has 0 aromatic heterocycles.